The van der Waals surface area contributed by atoms with Crippen LogP contribution >= 0.6 is 12.4 Å². The van der Waals surface area contributed by atoms with Gasteiger partial charge in [-0.3, -0.25) is 4.79 Å². The third-order valence-electron chi connectivity index (χ3n) is 5.12. The molecule has 0 atom stereocenters. The molecule has 2 heterocycles. The molecular weight excluding hydrogens is 364 g/mol. The summed E-state index contributed by atoms with van der Waals surface area (Å²) in [4.78, 5) is 12.6. The number of benzene rings is 1. The van der Waals surface area contributed by atoms with Gasteiger partial charge in [0.2, 0.25) is 0 Å². The predicted molar refractivity (Wildman–Crippen MR) is 109 cm³/mol. The van der Waals surface area contributed by atoms with Crippen molar-refractivity contribution in [1.29, 1.82) is 0 Å². The number of piperidine rings is 1. The van der Waals surface area contributed by atoms with Crippen LogP contribution in [0.25, 0.3) is 5.69 Å². The first-order valence-corrected chi connectivity index (χ1v) is 9.15. The van der Waals surface area contributed by atoms with Gasteiger partial charge in [0.05, 0.1) is 18.0 Å². The summed E-state index contributed by atoms with van der Waals surface area (Å²) in [6.45, 7) is 7.25. The molecule has 0 aliphatic carbocycles. The Morgan fingerprint density at radius 1 is 1.26 bits per heavy atom. The molecule has 2 aromatic rings. The maximum Gasteiger partial charge on any atom is 0.251 e. The highest BCUT2D eigenvalue weighted by Crippen LogP contribution is 2.28. The van der Waals surface area contributed by atoms with Gasteiger partial charge in [-0.15, -0.1) is 12.4 Å². The third-order valence-corrected chi connectivity index (χ3v) is 5.12. The number of carbonyl (C=O) groups excluding carboxylic acids is 1. The van der Waals surface area contributed by atoms with Gasteiger partial charge in [0.1, 0.15) is 0 Å². The summed E-state index contributed by atoms with van der Waals surface area (Å²) in [5.74, 6) is -0.0427. The largest absolute Gasteiger partial charge is 0.384 e. The number of aromatic nitrogens is 2. The minimum Gasteiger partial charge on any atom is -0.384 e. The Bertz CT molecular complexity index is 746. The van der Waals surface area contributed by atoms with Crippen molar-refractivity contribution < 1.29 is 9.53 Å². The van der Waals surface area contributed by atoms with Crippen molar-refractivity contribution in [2.24, 2.45) is 5.41 Å². The molecule has 3 rings (SSSR count). The number of amides is 1. The van der Waals surface area contributed by atoms with Gasteiger partial charge in [-0.2, -0.15) is 5.10 Å². The van der Waals surface area contributed by atoms with Gasteiger partial charge in [-0.25, -0.2) is 4.68 Å². The second-order valence-corrected chi connectivity index (χ2v) is 7.25. The summed E-state index contributed by atoms with van der Waals surface area (Å²) in [5, 5.41) is 10.9. The first kappa shape index (κ1) is 21.4. The minimum atomic E-state index is -0.0427. The highest BCUT2D eigenvalue weighted by atomic mass is 35.5. The average molecular weight is 393 g/mol. The quantitative estimate of drug-likeness (QED) is 0.793. The van der Waals surface area contributed by atoms with E-state index >= 15 is 0 Å². The molecular formula is C20H29ClN4O2. The Morgan fingerprint density at radius 3 is 2.48 bits per heavy atom. The molecule has 0 unspecified atom stereocenters. The van der Waals surface area contributed by atoms with E-state index in [1.807, 2.05) is 48.9 Å². The topological polar surface area (TPSA) is 68.2 Å². The number of rotatable bonds is 6. The van der Waals surface area contributed by atoms with Crippen LogP contribution in [0.1, 0.15) is 34.6 Å². The highest BCUT2D eigenvalue weighted by molar-refractivity contribution is 5.94. The van der Waals surface area contributed by atoms with Crippen molar-refractivity contribution in [3.05, 3.63) is 47.3 Å². The molecule has 148 valence electrons. The fraction of sp³-hybridized carbons (Fsp3) is 0.500. The summed E-state index contributed by atoms with van der Waals surface area (Å²) in [7, 11) is 1.73. The molecule has 0 spiro atoms. The van der Waals surface area contributed by atoms with Crippen LogP contribution in [0.5, 0.6) is 0 Å². The zero-order valence-corrected chi connectivity index (χ0v) is 17.1. The van der Waals surface area contributed by atoms with E-state index in [1.54, 1.807) is 7.11 Å². The summed E-state index contributed by atoms with van der Waals surface area (Å²) in [5.41, 5.74) is 3.71. The lowest BCUT2D eigenvalue weighted by Crippen LogP contribution is -2.47. The molecule has 1 aromatic heterocycles. The van der Waals surface area contributed by atoms with E-state index < -0.39 is 0 Å². The van der Waals surface area contributed by atoms with E-state index in [0.717, 1.165) is 43.0 Å². The van der Waals surface area contributed by atoms with E-state index in [9.17, 15) is 4.79 Å². The Labute approximate surface area is 167 Å². The van der Waals surface area contributed by atoms with Gasteiger partial charge in [0, 0.05) is 30.3 Å². The Kier molecular flexibility index (Phi) is 7.41. The number of hydrogen-bond donors (Lipinski definition) is 2. The van der Waals surface area contributed by atoms with Crippen LogP contribution in [0, 0.1) is 19.3 Å². The maximum atomic E-state index is 12.6. The van der Waals surface area contributed by atoms with Crippen LogP contribution in [0.15, 0.2) is 30.3 Å². The van der Waals surface area contributed by atoms with E-state index in [-0.39, 0.29) is 23.7 Å². The van der Waals surface area contributed by atoms with E-state index in [0.29, 0.717) is 18.7 Å². The maximum absolute atomic E-state index is 12.6. The third kappa shape index (κ3) is 5.09. The lowest BCUT2D eigenvalue weighted by molar-refractivity contribution is 0.0512. The van der Waals surface area contributed by atoms with Crippen LogP contribution in [-0.2, 0) is 4.74 Å². The van der Waals surface area contributed by atoms with Crippen LogP contribution in [0.3, 0.4) is 0 Å². The predicted octanol–water partition coefficient (Wildman–Crippen LogP) is 2.66. The van der Waals surface area contributed by atoms with Gasteiger partial charge in [-0.05, 0) is 70.1 Å². The Balaban J connectivity index is 0.00000261. The first-order valence-electron chi connectivity index (χ1n) is 9.15. The van der Waals surface area contributed by atoms with Gasteiger partial charge in [-0.1, -0.05) is 0 Å². The van der Waals surface area contributed by atoms with Crippen molar-refractivity contribution in [3.8, 4) is 5.69 Å². The number of carbonyl (C=O) groups is 1. The van der Waals surface area contributed by atoms with Gasteiger partial charge >= 0.3 is 0 Å². The molecule has 7 heteroatoms. The summed E-state index contributed by atoms with van der Waals surface area (Å²) in [6, 6.07) is 9.61. The van der Waals surface area contributed by atoms with Gasteiger partial charge in [0.15, 0.2) is 0 Å². The normalized spacial score (nSPS) is 15.8. The van der Waals surface area contributed by atoms with Crippen LogP contribution in [-0.4, -0.2) is 49.0 Å². The fourth-order valence-electron chi connectivity index (χ4n) is 3.65. The van der Waals surface area contributed by atoms with Crippen molar-refractivity contribution >= 4 is 18.3 Å². The van der Waals surface area contributed by atoms with Crippen LogP contribution in [0.2, 0.25) is 0 Å². The second kappa shape index (κ2) is 9.35. The molecule has 0 saturated carbocycles. The van der Waals surface area contributed by atoms with Gasteiger partial charge < -0.3 is 15.4 Å². The number of ether oxygens (including phenoxy) is 1. The molecule has 0 bridgehead atoms. The first-order chi connectivity index (χ1) is 12.5. The number of hydrogen-bond acceptors (Lipinski definition) is 4. The Morgan fingerprint density at radius 2 is 1.93 bits per heavy atom. The average Bonchev–Trinajstić information content (AvgIpc) is 2.99. The molecule has 2 N–H and O–H groups in total. The number of aryl methyl sites for hydroxylation is 2. The molecule has 0 radical (unpaired) electrons. The highest BCUT2D eigenvalue weighted by Gasteiger charge is 2.32. The number of nitrogens with zero attached hydrogens (tertiary/aromatic N) is 2. The van der Waals surface area contributed by atoms with Crippen molar-refractivity contribution in [2.45, 2.75) is 26.7 Å². The number of methoxy groups -OCH3 is 1. The molecule has 6 nitrogen and oxygen atoms in total. The monoisotopic (exact) mass is 392 g/mol. The Hall–Kier alpha value is -1.89. The van der Waals surface area contributed by atoms with Crippen molar-refractivity contribution in [2.75, 3.05) is 33.4 Å². The zero-order valence-electron chi connectivity index (χ0n) is 16.2. The standard InChI is InChI=1S/C20H28N4O2.ClH/c1-15-12-16(2)24(23-15)18-6-4-17(5-7-18)19(25)22-13-20(14-26-3)8-10-21-11-9-20;/h4-7,12,21H,8-11,13-14H2,1-3H3,(H,22,25);1H. The lowest BCUT2D eigenvalue weighted by Gasteiger charge is -2.37. The molecule has 1 aliphatic heterocycles. The summed E-state index contributed by atoms with van der Waals surface area (Å²) < 4.78 is 7.30. The van der Waals surface area contributed by atoms with E-state index in [4.69, 9.17) is 4.74 Å². The molecule has 1 aromatic carbocycles. The van der Waals surface area contributed by atoms with Gasteiger partial charge in [0.25, 0.3) is 5.91 Å². The zero-order chi connectivity index (χ0) is 18.6. The smallest absolute Gasteiger partial charge is 0.251 e. The van der Waals surface area contributed by atoms with E-state index in [2.05, 4.69) is 15.7 Å². The van der Waals surface area contributed by atoms with Crippen molar-refractivity contribution in [3.63, 3.8) is 0 Å². The molecule has 1 fully saturated rings. The minimum absolute atomic E-state index is 0. The molecule has 1 amide bonds. The summed E-state index contributed by atoms with van der Waals surface area (Å²) in [6.07, 6.45) is 2.02. The molecule has 1 aliphatic rings. The lowest BCUT2D eigenvalue weighted by atomic mass is 9.79. The van der Waals surface area contributed by atoms with E-state index in [1.165, 1.54) is 0 Å². The number of halogens is 1. The van der Waals surface area contributed by atoms with Crippen molar-refractivity contribution in [1.82, 2.24) is 20.4 Å². The molecule has 1 saturated heterocycles. The van der Waals surface area contributed by atoms with Crippen LogP contribution < -0.4 is 10.6 Å². The summed E-state index contributed by atoms with van der Waals surface area (Å²) >= 11 is 0. The second-order valence-electron chi connectivity index (χ2n) is 7.25. The number of nitrogens with one attached hydrogen (secondary N) is 2. The molecule has 27 heavy (non-hydrogen) atoms. The SMILES string of the molecule is COCC1(CNC(=O)c2ccc(-n3nc(C)cc3C)cc2)CCNCC1.Cl. The van der Waals surface area contributed by atoms with Crippen LogP contribution in [0.4, 0.5) is 0 Å². The fourth-order valence-corrected chi connectivity index (χ4v) is 3.65.